The first-order valence-electron chi connectivity index (χ1n) is 5.59. The molecular formula is C13H19NO3. The highest BCUT2D eigenvalue weighted by atomic mass is 16.6. The van der Waals surface area contributed by atoms with E-state index >= 15 is 0 Å². The molecule has 1 aromatic carbocycles. The van der Waals surface area contributed by atoms with Crippen LogP contribution in [0.15, 0.2) is 30.3 Å². The third-order valence-corrected chi connectivity index (χ3v) is 2.71. The van der Waals surface area contributed by atoms with Crippen LogP contribution in [0.4, 0.5) is 0 Å². The Balaban J connectivity index is 2.35. The van der Waals surface area contributed by atoms with E-state index in [0.717, 1.165) is 5.56 Å². The zero-order chi connectivity index (χ0) is 12.9. The van der Waals surface area contributed by atoms with Crippen LogP contribution in [-0.2, 0) is 16.2 Å². The second kappa shape index (κ2) is 5.80. The van der Waals surface area contributed by atoms with Gasteiger partial charge in [-0.3, -0.25) is 9.63 Å². The minimum Gasteiger partial charge on any atom is -0.390 e. The Hall–Kier alpha value is -1.39. The van der Waals surface area contributed by atoms with Crippen LogP contribution in [0.25, 0.3) is 0 Å². The fourth-order valence-corrected chi connectivity index (χ4v) is 1.17. The molecule has 1 amide bonds. The Kier molecular flexibility index (Phi) is 4.66. The molecule has 4 nitrogen and oxygen atoms in total. The number of benzene rings is 1. The van der Waals surface area contributed by atoms with E-state index in [-0.39, 0.29) is 5.91 Å². The van der Waals surface area contributed by atoms with E-state index in [1.54, 1.807) is 20.8 Å². The maximum Gasteiger partial charge on any atom is 0.249 e. The van der Waals surface area contributed by atoms with Crippen LogP contribution in [0.2, 0.25) is 0 Å². The van der Waals surface area contributed by atoms with Gasteiger partial charge in [-0.1, -0.05) is 37.3 Å². The summed E-state index contributed by atoms with van der Waals surface area (Å²) in [6, 6.07) is 9.54. The summed E-state index contributed by atoms with van der Waals surface area (Å²) in [6.07, 6.45) is 0. The van der Waals surface area contributed by atoms with Gasteiger partial charge < -0.3 is 5.11 Å². The van der Waals surface area contributed by atoms with Gasteiger partial charge >= 0.3 is 0 Å². The lowest BCUT2D eigenvalue weighted by atomic mass is 9.92. The normalized spacial score (nSPS) is 13.2. The molecule has 0 spiro atoms. The summed E-state index contributed by atoms with van der Waals surface area (Å²) in [5, 5.41) is 9.66. The van der Waals surface area contributed by atoms with Crippen LogP contribution in [0.3, 0.4) is 0 Å². The Bertz CT molecular complexity index is 357. The molecule has 0 radical (unpaired) electrons. The summed E-state index contributed by atoms with van der Waals surface area (Å²) in [5.41, 5.74) is 2.26. The largest absolute Gasteiger partial charge is 0.390 e. The van der Waals surface area contributed by atoms with Gasteiger partial charge in [-0.25, -0.2) is 5.48 Å². The van der Waals surface area contributed by atoms with Gasteiger partial charge in [0.25, 0.3) is 0 Å². The molecule has 17 heavy (non-hydrogen) atoms. The molecule has 0 unspecified atom stereocenters. The first-order valence-corrected chi connectivity index (χ1v) is 5.59. The molecule has 0 aromatic heterocycles. The maximum absolute atomic E-state index is 11.6. The molecule has 1 aromatic rings. The summed E-state index contributed by atoms with van der Waals surface area (Å²) in [5.74, 6) is -0.855. The standard InChI is InChI=1S/C13H19NO3/c1-10(13(2,3)16)12(15)14-17-9-11-7-5-4-6-8-11/h4-8,10,16H,9H2,1-3H3,(H,14,15)/t10-/m1/s1. The second-order valence-corrected chi connectivity index (χ2v) is 4.62. The molecule has 2 N–H and O–H groups in total. The van der Waals surface area contributed by atoms with Crippen molar-refractivity contribution in [2.45, 2.75) is 33.0 Å². The molecule has 0 saturated carbocycles. The molecule has 1 atom stereocenters. The van der Waals surface area contributed by atoms with Crippen molar-refractivity contribution >= 4 is 5.91 Å². The van der Waals surface area contributed by atoms with Crippen LogP contribution < -0.4 is 5.48 Å². The third-order valence-electron chi connectivity index (χ3n) is 2.71. The van der Waals surface area contributed by atoms with E-state index < -0.39 is 11.5 Å². The summed E-state index contributed by atoms with van der Waals surface area (Å²) >= 11 is 0. The van der Waals surface area contributed by atoms with E-state index in [1.165, 1.54) is 0 Å². The van der Waals surface area contributed by atoms with Crippen molar-refractivity contribution in [2.24, 2.45) is 5.92 Å². The van der Waals surface area contributed by atoms with Crippen molar-refractivity contribution in [2.75, 3.05) is 0 Å². The van der Waals surface area contributed by atoms with Crippen LogP contribution in [0, 0.1) is 5.92 Å². The van der Waals surface area contributed by atoms with Crippen molar-refractivity contribution in [3.05, 3.63) is 35.9 Å². The van der Waals surface area contributed by atoms with Crippen LogP contribution >= 0.6 is 0 Å². The molecule has 0 heterocycles. The number of hydrogen-bond acceptors (Lipinski definition) is 3. The second-order valence-electron chi connectivity index (χ2n) is 4.62. The number of amides is 1. The number of aliphatic hydroxyl groups is 1. The first-order chi connectivity index (χ1) is 7.91. The fourth-order valence-electron chi connectivity index (χ4n) is 1.17. The predicted octanol–water partition coefficient (Wildman–Crippen LogP) is 1.64. The summed E-state index contributed by atoms with van der Waals surface area (Å²) in [6.45, 7) is 5.15. The lowest BCUT2D eigenvalue weighted by Gasteiger charge is -2.24. The average Bonchev–Trinajstić information content (AvgIpc) is 2.28. The molecular weight excluding hydrogens is 218 g/mol. The monoisotopic (exact) mass is 237 g/mol. The molecule has 0 aliphatic carbocycles. The minimum absolute atomic E-state index is 0.311. The quantitative estimate of drug-likeness (QED) is 0.765. The van der Waals surface area contributed by atoms with Crippen LogP contribution in [-0.4, -0.2) is 16.6 Å². The number of hydroxylamine groups is 1. The molecule has 0 bridgehead atoms. The van der Waals surface area contributed by atoms with Gasteiger partial charge in [-0.05, 0) is 19.4 Å². The number of carbonyl (C=O) groups is 1. The Morgan fingerprint density at radius 2 is 2.00 bits per heavy atom. The lowest BCUT2D eigenvalue weighted by Crippen LogP contribution is -2.41. The van der Waals surface area contributed by atoms with E-state index in [1.807, 2.05) is 30.3 Å². The highest BCUT2D eigenvalue weighted by molar-refractivity contribution is 5.78. The minimum atomic E-state index is -1.06. The Labute approximate surface area is 102 Å². The number of rotatable bonds is 5. The first kappa shape index (κ1) is 13.7. The van der Waals surface area contributed by atoms with Gasteiger partial charge in [0.05, 0.1) is 18.1 Å². The molecule has 0 saturated heterocycles. The molecule has 4 heteroatoms. The van der Waals surface area contributed by atoms with Crippen LogP contribution in [0.1, 0.15) is 26.3 Å². The number of hydrogen-bond donors (Lipinski definition) is 2. The van der Waals surface area contributed by atoms with E-state index in [2.05, 4.69) is 5.48 Å². The van der Waals surface area contributed by atoms with Crippen molar-refractivity contribution < 1.29 is 14.7 Å². The maximum atomic E-state index is 11.6. The molecule has 1 rings (SSSR count). The predicted molar refractivity (Wildman–Crippen MR) is 64.8 cm³/mol. The summed E-state index contributed by atoms with van der Waals surface area (Å²) in [4.78, 5) is 16.7. The van der Waals surface area contributed by atoms with Crippen molar-refractivity contribution in [1.82, 2.24) is 5.48 Å². The molecule has 0 fully saturated rings. The molecule has 0 aliphatic heterocycles. The van der Waals surface area contributed by atoms with Crippen molar-refractivity contribution in [3.8, 4) is 0 Å². The fraction of sp³-hybridized carbons (Fsp3) is 0.462. The van der Waals surface area contributed by atoms with E-state index in [0.29, 0.717) is 6.61 Å². The lowest BCUT2D eigenvalue weighted by molar-refractivity contribution is -0.145. The summed E-state index contributed by atoms with van der Waals surface area (Å²) < 4.78 is 0. The number of nitrogens with one attached hydrogen (secondary N) is 1. The average molecular weight is 237 g/mol. The topological polar surface area (TPSA) is 58.6 Å². The smallest absolute Gasteiger partial charge is 0.249 e. The van der Waals surface area contributed by atoms with Gasteiger partial charge in [0, 0.05) is 0 Å². The highest BCUT2D eigenvalue weighted by Crippen LogP contribution is 2.15. The van der Waals surface area contributed by atoms with Gasteiger partial charge in [0.2, 0.25) is 5.91 Å². The third kappa shape index (κ3) is 4.54. The zero-order valence-corrected chi connectivity index (χ0v) is 10.4. The SMILES string of the molecule is C[C@H](C(=O)NOCc1ccccc1)C(C)(C)O. The Morgan fingerprint density at radius 1 is 1.41 bits per heavy atom. The summed E-state index contributed by atoms with van der Waals surface area (Å²) in [7, 11) is 0. The molecule has 0 aliphatic rings. The van der Waals surface area contributed by atoms with Crippen molar-refractivity contribution in [1.29, 1.82) is 0 Å². The van der Waals surface area contributed by atoms with Gasteiger partial charge in [0.1, 0.15) is 0 Å². The van der Waals surface area contributed by atoms with E-state index in [9.17, 15) is 9.90 Å². The van der Waals surface area contributed by atoms with Gasteiger partial charge in [-0.15, -0.1) is 0 Å². The Morgan fingerprint density at radius 3 is 2.53 bits per heavy atom. The zero-order valence-electron chi connectivity index (χ0n) is 10.4. The molecule has 94 valence electrons. The number of carbonyl (C=O) groups excluding carboxylic acids is 1. The van der Waals surface area contributed by atoms with Crippen LogP contribution in [0.5, 0.6) is 0 Å². The highest BCUT2D eigenvalue weighted by Gasteiger charge is 2.28. The van der Waals surface area contributed by atoms with Crippen molar-refractivity contribution in [3.63, 3.8) is 0 Å². The van der Waals surface area contributed by atoms with Gasteiger partial charge in [-0.2, -0.15) is 0 Å². The van der Waals surface area contributed by atoms with Gasteiger partial charge in [0.15, 0.2) is 0 Å². The van der Waals surface area contributed by atoms with E-state index in [4.69, 9.17) is 4.84 Å².